The van der Waals surface area contributed by atoms with E-state index in [1.165, 1.54) is 12.4 Å². The van der Waals surface area contributed by atoms with Gasteiger partial charge in [-0.05, 0) is 35.9 Å². The number of esters is 1. The van der Waals surface area contributed by atoms with Gasteiger partial charge in [0.1, 0.15) is 12.2 Å². The number of benzene rings is 6. The first-order chi connectivity index (χ1) is 38.5. The highest BCUT2D eigenvalue weighted by molar-refractivity contribution is 7.20. The minimum absolute atomic E-state index is 0.0428. The van der Waals surface area contributed by atoms with E-state index in [9.17, 15) is 115 Å². The molecular formula is C54H29BF24N2O3. The maximum Gasteiger partial charge on any atom is 0.416 e. The second-order valence-corrected chi connectivity index (χ2v) is 18.4. The fourth-order valence-electron chi connectivity index (χ4n) is 9.08. The third-order valence-corrected chi connectivity index (χ3v) is 12.8. The van der Waals surface area contributed by atoms with Crippen LogP contribution >= 0.6 is 0 Å². The highest BCUT2D eigenvalue weighted by Crippen LogP contribution is 2.42. The summed E-state index contributed by atoms with van der Waals surface area (Å²) in [5.74, 6) is -0.568. The van der Waals surface area contributed by atoms with Crippen LogP contribution in [0.5, 0.6) is 0 Å². The summed E-state index contributed by atoms with van der Waals surface area (Å²) in [6, 6.07) is 7.99. The number of hydrogen-bond donors (Lipinski definition) is 0. The molecule has 1 aliphatic rings. The Balaban J connectivity index is 0.000000309. The van der Waals surface area contributed by atoms with Crippen molar-refractivity contribution < 1.29 is 124 Å². The van der Waals surface area contributed by atoms with Gasteiger partial charge in [-0.2, -0.15) is 132 Å². The molecule has 84 heavy (non-hydrogen) atoms. The smallest absolute Gasteiger partial charge is 0.416 e. The molecule has 1 atom stereocenters. The second-order valence-electron chi connectivity index (χ2n) is 18.4. The van der Waals surface area contributed by atoms with Gasteiger partial charge in [0, 0.05) is 11.1 Å². The van der Waals surface area contributed by atoms with Crippen molar-refractivity contribution in [2.45, 2.75) is 62.1 Å². The molecule has 7 aromatic rings. The van der Waals surface area contributed by atoms with Gasteiger partial charge in [0.25, 0.3) is 0 Å². The monoisotopic (exact) mass is 1220 g/mol. The van der Waals surface area contributed by atoms with Crippen LogP contribution < -0.4 is 26.4 Å². The number of rotatable bonds is 9. The Morgan fingerprint density at radius 2 is 0.762 bits per heavy atom. The second kappa shape index (κ2) is 22.3. The number of carbonyl (C=O) groups is 2. The molecule has 0 N–H and O–H groups in total. The van der Waals surface area contributed by atoms with Crippen LogP contribution in [0.4, 0.5) is 105 Å². The van der Waals surface area contributed by atoms with Gasteiger partial charge >= 0.3 is 55.4 Å². The summed E-state index contributed by atoms with van der Waals surface area (Å²) in [5, 5.41) is 0. The Morgan fingerprint density at radius 1 is 0.440 bits per heavy atom. The predicted molar refractivity (Wildman–Crippen MR) is 249 cm³/mol. The largest absolute Gasteiger partial charge is 0.448 e. The van der Waals surface area contributed by atoms with E-state index >= 15 is 0 Å². The normalized spacial score (nSPS) is 14.4. The van der Waals surface area contributed by atoms with Gasteiger partial charge in [0.05, 0.1) is 50.7 Å². The Kier molecular flexibility index (Phi) is 16.8. The van der Waals surface area contributed by atoms with E-state index in [0.29, 0.717) is 5.56 Å². The first-order valence-electron chi connectivity index (χ1n) is 23.2. The van der Waals surface area contributed by atoms with Gasteiger partial charge in [-0.15, -0.1) is 0 Å². The van der Waals surface area contributed by atoms with E-state index in [0.717, 1.165) is 11.1 Å². The van der Waals surface area contributed by atoms with Gasteiger partial charge in [0.2, 0.25) is 24.2 Å². The molecule has 8 rings (SSSR count). The summed E-state index contributed by atoms with van der Waals surface area (Å²) in [6.45, 7) is 0.124. The molecule has 30 heteroatoms. The summed E-state index contributed by atoms with van der Waals surface area (Å²) in [7, 11) is 0. The van der Waals surface area contributed by atoms with Crippen LogP contribution in [0.2, 0.25) is 0 Å². The third-order valence-electron chi connectivity index (χ3n) is 12.8. The van der Waals surface area contributed by atoms with Crippen molar-refractivity contribution in [3.8, 4) is 0 Å². The average molecular weight is 1220 g/mol. The van der Waals surface area contributed by atoms with Crippen molar-refractivity contribution in [3.05, 3.63) is 219 Å². The number of alkyl halides is 24. The summed E-state index contributed by atoms with van der Waals surface area (Å²) in [4.78, 5) is 28.9. The highest BCUT2D eigenvalue weighted by Gasteiger charge is 2.47. The van der Waals surface area contributed by atoms with Crippen molar-refractivity contribution in [3.63, 3.8) is 0 Å². The fraction of sp³-hybridized carbons (Fsp3) is 0.185. The molecule has 0 saturated heterocycles. The SMILES string of the molecule is FC(F)(F)c1cc([B-](c2cc(C(F)(F)F)cc(C(F)(F)F)c2)(c2cc(C(F)(F)F)cc(C(F)(F)F)c2)c2cc(C(F)(F)F)cc(C(F)(F)F)c2)cc(C(F)(F)F)c1.O=C(C[n+]1ccnc(C(=O)OC2C=Cc3ccccc32)c1)c1ccccc1. The Hall–Kier alpha value is -8.34. The van der Waals surface area contributed by atoms with Crippen molar-refractivity contribution >= 4 is 45.8 Å². The van der Waals surface area contributed by atoms with E-state index < -0.39 is 207 Å². The summed E-state index contributed by atoms with van der Waals surface area (Å²) < 4.78 is 348. The third kappa shape index (κ3) is 14.2. The molecule has 0 saturated carbocycles. The minimum atomic E-state index is -6.13. The van der Waals surface area contributed by atoms with Crippen molar-refractivity contribution in [1.82, 2.24) is 4.98 Å². The fourth-order valence-corrected chi connectivity index (χ4v) is 9.08. The molecule has 0 amide bonds. The van der Waals surface area contributed by atoms with Crippen molar-refractivity contribution in [2.24, 2.45) is 0 Å². The number of fused-ring (bicyclic) bond motifs is 1. The standard InChI is InChI=1S/C32H12BF24.C22H17N2O3/c34-25(35,36)13-1-14(26(37,38)39)6-21(5-13)33(22-7-15(27(40,41)42)2-16(8-22)28(43,44)45,23-9-17(29(46,47)48)3-18(10-23)30(49,50)51)24-11-19(31(52,53)54)4-20(12-24)32(55,56)57;25-20(17-7-2-1-3-8-17)15-24-13-12-23-19(14-24)22(26)27-21-11-10-16-6-4-5-9-18(16)21/h1-12H;1-14,21H,15H2/q-1;+1. The van der Waals surface area contributed by atoms with E-state index in [1.807, 2.05) is 54.6 Å². The van der Waals surface area contributed by atoms with Crippen LogP contribution in [0.15, 0.2) is 152 Å². The summed E-state index contributed by atoms with van der Waals surface area (Å²) in [5.41, 5.74) is -27.4. The molecule has 1 aliphatic carbocycles. The lowest BCUT2D eigenvalue weighted by Crippen LogP contribution is -2.75. The molecule has 0 bridgehead atoms. The number of hydrogen-bond acceptors (Lipinski definition) is 4. The molecule has 1 unspecified atom stereocenters. The molecule has 6 aromatic carbocycles. The molecule has 0 radical (unpaired) electrons. The molecule has 5 nitrogen and oxygen atoms in total. The molecule has 0 aliphatic heterocycles. The quantitative estimate of drug-likeness (QED) is 0.0475. The van der Waals surface area contributed by atoms with E-state index in [2.05, 4.69) is 4.98 Å². The Bertz CT molecular complexity index is 3190. The number of aromatic nitrogens is 2. The van der Waals surface area contributed by atoms with Crippen LogP contribution in [-0.4, -0.2) is 22.9 Å². The Labute approximate surface area is 455 Å². The van der Waals surface area contributed by atoms with Gasteiger partial charge in [-0.3, -0.25) is 4.79 Å². The number of nitrogens with zero attached hydrogens (tertiary/aromatic N) is 2. The topological polar surface area (TPSA) is 60.1 Å². The lowest BCUT2D eigenvalue weighted by molar-refractivity contribution is -0.683. The van der Waals surface area contributed by atoms with E-state index in [4.69, 9.17) is 4.74 Å². The molecule has 0 spiro atoms. The van der Waals surface area contributed by atoms with Crippen LogP contribution in [0.3, 0.4) is 0 Å². The summed E-state index contributed by atoms with van der Waals surface area (Å²) in [6.07, 6.45) is -46.8. The number of halogens is 24. The molecule has 1 aromatic heterocycles. The van der Waals surface area contributed by atoms with Crippen molar-refractivity contribution in [1.29, 1.82) is 0 Å². The predicted octanol–water partition coefficient (Wildman–Crippen LogP) is 14.4. The first-order valence-corrected chi connectivity index (χ1v) is 23.2. The average Bonchev–Trinajstić information content (AvgIpc) is 2.19. The Morgan fingerprint density at radius 3 is 1.10 bits per heavy atom. The summed E-state index contributed by atoms with van der Waals surface area (Å²) >= 11 is 0. The zero-order valence-corrected chi connectivity index (χ0v) is 41.1. The van der Waals surface area contributed by atoms with Crippen LogP contribution in [0.25, 0.3) is 6.08 Å². The molecule has 1 heterocycles. The zero-order chi connectivity index (χ0) is 62.6. The number of Topliss-reactive ketones (excluding diaryl/α,β-unsaturated/α-hetero) is 1. The van der Waals surface area contributed by atoms with Crippen LogP contribution in [-0.2, 0) is 60.7 Å². The van der Waals surface area contributed by atoms with Gasteiger partial charge < -0.3 is 4.74 Å². The lowest BCUT2D eigenvalue weighted by Gasteiger charge is -2.46. The molecule has 444 valence electrons. The van der Waals surface area contributed by atoms with Gasteiger partial charge in [0.15, 0.2) is 6.20 Å². The molecular weight excluding hydrogens is 1190 g/mol. The maximum atomic E-state index is 14.2. The molecule has 0 fully saturated rings. The van der Waals surface area contributed by atoms with Crippen molar-refractivity contribution in [2.75, 3.05) is 0 Å². The van der Waals surface area contributed by atoms with Gasteiger partial charge in [-0.1, -0.05) is 109 Å². The highest BCUT2D eigenvalue weighted by atomic mass is 19.4. The zero-order valence-electron chi connectivity index (χ0n) is 41.1. The first kappa shape index (κ1) is 63.2. The van der Waals surface area contributed by atoms with E-state index in [1.54, 1.807) is 22.9 Å². The van der Waals surface area contributed by atoms with E-state index in [-0.39, 0.29) is 18.0 Å². The number of carbonyl (C=O) groups excluding carboxylic acids is 2. The number of ether oxygens (including phenoxy) is 1. The lowest BCUT2D eigenvalue weighted by atomic mass is 9.12. The maximum absolute atomic E-state index is 14.2. The van der Waals surface area contributed by atoms with Crippen LogP contribution in [0.1, 0.15) is 82.6 Å². The number of ketones is 1. The van der Waals surface area contributed by atoms with Gasteiger partial charge in [-0.25, -0.2) is 9.78 Å². The minimum Gasteiger partial charge on any atom is -0.448 e. The van der Waals surface area contributed by atoms with Crippen LogP contribution in [0, 0.1) is 0 Å².